The quantitative estimate of drug-likeness (QED) is 0.742. The zero-order chi connectivity index (χ0) is 16.5. The van der Waals surface area contributed by atoms with Crippen molar-refractivity contribution in [2.24, 2.45) is 0 Å². The van der Waals surface area contributed by atoms with Gasteiger partial charge in [0.05, 0.1) is 0 Å². The van der Waals surface area contributed by atoms with E-state index < -0.39 is 12.7 Å². The minimum atomic E-state index is -2.07. The maximum absolute atomic E-state index is 8.03. The molecule has 2 aromatic rings. The van der Waals surface area contributed by atoms with Gasteiger partial charge in [-0.25, -0.2) is 0 Å². The molecule has 18 heavy (non-hydrogen) atoms. The number of anilines is 2. The van der Waals surface area contributed by atoms with E-state index in [0.717, 1.165) is 16.9 Å². The van der Waals surface area contributed by atoms with Gasteiger partial charge < -0.3 is 4.90 Å². The second kappa shape index (κ2) is 5.26. The number of hydrogen-bond donors (Lipinski definition) is 0. The molecule has 0 heterocycles. The summed E-state index contributed by atoms with van der Waals surface area (Å²) in [7, 11) is 1.94. The van der Waals surface area contributed by atoms with Gasteiger partial charge in [-0.15, -0.1) is 0 Å². The Balaban J connectivity index is 2.23. The third-order valence-corrected chi connectivity index (χ3v) is 3.09. The van der Waals surface area contributed by atoms with Crippen molar-refractivity contribution >= 4 is 11.4 Å². The predicted molar refractivity (Wildman–Crippen MR) is 79.8 cm³/mol. The molecule has 0 radical (unpaired) electrons. The first-order valence-corrected chi connectivity index (χ1v) is 6.04. The monoisotopic (exact) mass is 243 g/mol. The highest BCUT2D eigenvalue weighted by atomic mass is 15.1. The zero-order valence-electron chi connectivity index (χ0n) is 15.1. The van der Waals surface area contributed by atoms with Crippen molar-refractivity contribution < 1.29 is 5.48 Å². The molecule has 0 aliphatic heterocycles. The summed E-state index contributed by atoms with van der Waals surface area (Å²) in [6, 6.07) is 14.8. The van der Waals surface area contributed by atoms with Crippen molar-refractivity contribution in [2.75, 3.05) is 11.9 Å². The van der Waals surface area contributed by atoms with Crippen molar-refractivity contribution in [3.63, 3.8) is 0 Å². The number of aryl methyl sites for hydroxylation is 1. The fourth-order valence-electron chi connectivity index (χ4n) is 1.85. The van der Waals surface area contributed by atoms with Gasteiger partial charge in [-0.05, 0) is 42.6 Å². The minimum absolute atomic E-state index is 0.343. The van der Waals surface area contributed by atoms with Crippen LogP contribution in [0.4, 0.5) is 11.4 Å². The van der Waals surface area contributed by atoms with E-state index in [0.29, 0.717) is 5.56 Å². The molecule has 0 fully saturated rings. The average molecular weight is 243 g/mol. The number of rotatable bonds is 3. The van der Waals surface area contributed by atoms with Crippen molar-refractivity contribution in [1.29, 1.82) is 0 Å². The average Bonchev–Trinajstić information content (AvgIpc) is 2.45. The molecule has 1 heteroatoms. The lowest BCUT2D eigenvalue weighted by atomic mass is 10.0. The smallest absolute Gasteiger partial charge is 0.0408 e. The van der Waals surface area contributed by atoms with Gasteiger partial charge in [0.1, 0.15) is 0 Å². The van der Waals surface area contributed by atoms with Crippen LogP contribution >= 0.6 is 0 Å². The van der Waals surface area contributed by atoms with E-state index in [9.17, 15) is 0 Å². The summed E-state index contributed by atoms with van der Waals surface area (Å²) in [5, 5.41) is 0. The van der Waals surface area contributed by atoms with Gasteiger partial charge in [0.15, 0.2) is 0 Å². The van der Waals surface area contributed by atoms with Crippen LogP contribution < -0.4 is 4.90 Å². The van der Waals surface area contributed by atoms with Gasteiger partial charge in [0, 0.05) is 23.9 Å². The maximum atomic E-state index is 8.03. The molecule has 0 amide bonds. The van der Waals surface area contributed by atoms with Crippen LogP contribution in [0.25, 0.3) is 0 Å². The van der Waals surface area contributed by atoms with Gasteiger partial charge >= 0.3 is 0 Å². The molecule has 2 rings (SSSR count). The Morgan fingerprint density at radius 1 is 0.944 bits per heavy atom. The normalized spacial score (nSPS) is 15.3. The van der Waals surface area contributed by atoms with Crippen LogP contribution in [0.2, 0.25) is 0 Å². The molecule has 0 atom stereocenters. The van der Waals surface area contributed by atoms with Crippen LogP contribution in [-0.4, -0.2) is 7.05 Å². The number of benzene rings is 2. The van der Waals surface area contributed by atoms with E-state index in [-0.39, 0.29) is 0 Å². The second-order valence-corrected chi connectivity index (χ2v) is 4.65. The third kappa shape index (κ3) is 2.73. The highest BCUT2D eigenvalue weighted by Gasteiger charge is 2.04. The highest BCUT2D eigenvalue weighted by Crippen LogP contribution is 2.25. The van der Waals surface area contributed by atoms with Crippen molar-refractivity contribution in [3.8, 4) is 0 Å². The van der Waals surface area contributed by atoms with Crippen LogP contribution in [0.1, 0.15) is 36.4 Å². The van der Waals surface area contributed by atoms with Crippen LogP contribution in [0.5, 0.6) is 0 Å². The minimum Gasteiger partial charge on any atom is -0.345 e. The standard InChI is InChI=1S/C17H21N/c1-13(2)15-7-11-17(12-8-15)18(4)16-9-5-14(3)6-10-16/h5-13H,1-4H3/i3D3,13D. The molecule has 0 saturated heterocycles. The molecule has 2 aromatic carbocycles. The van der Waals surface area contributed by atoms with E-state index in [1.165, 1.54) is 0 Å². The van der Waals surface area contributed by atoms with Crippen molar-refractivity contribution in [3.05, 3.63) is 59.7 Å². The second-order valence-electron chi connectivity index (χ2n) is 4.65. The number of hydrogen-bond acceptors (Lipinski definition) is 1. The van der Waals surface area contributed by atoms with E-state index in [1.807, 2.05) is 62.2 Å². The fraction of sp³-hybridized carbons (Fsp3) is 0.294. The van der Waals surface area contributed by atoms with Crippen LogP contribution in [0.3, 0.4) is 0 Å². The molecule has 0 N–H and O–H groups in total. The van der Waals surface area contributed by atoms with Gasteiger partial charge in [-0.2, -0.15) is 0 Å². The molecule has 0 aliphatic carbocycles. The van der Waals surface area contributed by atoms with Crippen molar-refractivity contribution in [2.45, 2.75) is 26.6 Å². The summed E-state index contributed by atoms with van der Waals surface area (Å²) in [5.41, 5.74) is 3.22. The third-order valence-electron chi connectivity index (χ3n) is 3.09. The Hall–Kier alpha value is -1.76. The molecule has 94 valence electrons. The van der Waals surface area contributed by atoms with E-state index in [2.05, 4.69) is 0 Å². The van der Waals surface area contributed by atoms with E-state index in [4.69, 9.17) is 5.48 Å². The Morgan fingerprint density at radius 2 is 1.44 bits per heavy atom. The predicted octanol–water partition coefficient (Wildman–Crippen LogP) is 4.89. The molecule has 0 unspecified atom stereocenters. The molecular formula is C17H21N. The zero-order valence-corrected chi connectivity index (χ0v) is 11.1. The summed E-state index contributed by atoms with van der Waals surface area (Å²) in [4.78, 5) is 1.99. The SMILES string of the molecule is [2H]C([2H])([2H])c1ccc(N(C)c2ccc(C([2H])(C)C)cc2)cc1. The summed E-state index contributed by atoms with van der Waals surface area (Å²) in [6.45, 7) is 1.65. The Kier molecular flexibility index (Phi) is 2.44. The molecule has 0 spiro atoms. The molecule has 1 nitrogen and oxygen atoms in total. The van der Waals surface area contributed by atoms with Crippen molar-refractivity contribution in [1.82, 2.24) is 0 Å². The first-order chi connectivity index (χ1) is 10.1. The molecule has 0 aliphatic rings. The lowest BCUT2D eigenvalue weighted by molar-refractivity contribution is 0.866. The van der Waals surface area contributed by atoms with E-state index >= 15 is 0 Å². The summed E-state index contributed by atoms with van der Waals surface area (Å²) in [6.07, 6.45) is 0. The van der Waals surface area contributed by atoms with E-state index in [1.54, 1.807) is 12.1 Å². The lowest BCUT2D eigenvalue weighted by Gasteiger charge is -2.20. The summed E-state index contributed by atoms with van der Waals surface area (Å²) >= 11 is 0. The van der Waals surface area contributed by atoms with Crippen LogP contribution in [0.15, 0.2) is 48.5 Å². The van der Waals surface area contributed by atoms with Gasteiger partial charge in [0.25, 0.3) is 0 Å². The van der Waals surface area contributed by atoms with Gasteiger partial charge in [-0.1, -0.05) is 43.7 Å². The first-order valence-electron chi connectivity index (χ1n) is 8.04. The Morgan fingerprint density at radius 3 is 1.89 bits per heavy atom. The van der Waals surface area contributed by atoms with Crippen LogP contribution in [0, 0.1) is 6.85 Å². The topological polar surface area (TPSA) is 3.24 Å². The maximum Gasteiger partial charge on any atom is 0.0408 e. The summed E-state index contributed by atoms with van der Waals surface area (Å²) < 4.78 is 30.2. The molecular weight excluding hydrogens is 218 g/mol. The van der Waals surface area contributed by atoms with Gasteiger partial charge in [-0.3, -0.25) is 0 Å². The Labute approximate surface area is 116 Å². The number of nitrogens with zero attached hydrogens (tertiary/aromatic N) is 1. The summed E-state index contributed by atoms with van der Waals surface area (Å²) in [5.74, 6) is -0.613. The largest absolute Gasteiger partial charge is 0.345 e. The fourth-order valence-corrected chi connectivity index (χ4v) is 1.85. The lowest BCUT2D eigenvalue weighted by Crippen LogP contribution is -2.09. The Bertz CT molecular complexity index is 564. The molecule has 0 bridgehead atoms. The molecule has 0 aromatic heterocycles. The van der Waals surface area contributed by atoms with Gasteiger partial charge in [0.2, 0.25) is 0 Å². The van der Waals surface area contributed by atoms with Crippen LogP contribution in [-0.2, 0) is 0 Å². The first kappa shape index (κ1) is 8.36. The highest BCUT2D eigenvalue weighted by molar-refractivity contribution is 5.62. The molecule has 0 saturated carbocycles.